The van der Waals surface area contributed by atoms with Crippen molar-refractivity contribution in [1.82, 2.24) is 0 Å². The van der Waals surface area contributed by atoms with Crippen LogP contribution in [0.3, 0.4) is 0 Å². The fraction of sp³-hybridized carbons (Fsp3) is 0. The molecule has 0 bridgehead atoms. The summed E-state index contributed by atoms with van der Waals surface area (Å²) in [5.41, 5.74) is 3.48. The van der Waals surface area contributed by atoms with E-state index >= 15 is 0 Å². The van der Waals surface area contributed by atoms with Crippen LogP contribution in [-0.2, 0) is 26.7 Å². The molecule has 0 amide bonds. The predicted molar refractivity (Wildman–Crippen MR) is 154 cm³/mol. The van der Waals surface area contributed by atoms with Gasteiger partial charge in [-0.05, 0) is 39.9 Å². The number of benzene rings is 4. The molecule has 2 aliphatic rings. The van der Waals surface area contributed by atoms with Gasteiger partial charge in [0, 0.05) is 63.1 Å². The minimum atomic E-state index is -0.263. The molecule has 9 nitrogen and oxygen atoms in total. The molecule has 3 N–H and O–H groups in total. The Balaban J connectivity index is 0.000000210. The average Bonchev–Trinajstić information content (AvgIpc) is 2.98. The van der Waals surface area contributed by atoms with E-state index < -0.39 is 0 Å². The van der Waals surface area contributed by atoms with Crippen LogP contribution in [0.15, 0.2) is 113 Å². The topological polar surface area (TPSA) is 149 Å². The molecule has 1 radical (unpaired) electrons. The summed E-state index contributed by atoms with van der Waals surface area (Å²) in [5, 5.41) is 36.9. The molecular weight excluding hydrogens is 577 g/mol. The minimum absolute atomic E-state index is 0. The molecule has 0 saturated heterocycles. The van der Waals surface area contributed by atoms with Crippen molar-refractivity contribution < 1.29 is 42.2 Å². The first-order chi connectivity index (χ1) is 19.0. The number of ketones is 2. The smallest absolute Gasteiger partial charge is 0.208 e. The molecule has 4 aromatic rings. The van der Waals surface area contributed by atoms with Crippen LogP contribution in [0.1, 0.15) is 22.3 Å². The number of phenolic OH excluding ortho intramolecular Hbond substituents is 1. The number of oxime groups is 2. The normalized spacial score (nSPS) is 14.3. The van der Waals surface area contributed by atoms with E-state index in [9.17, 15) is 19.6 Å². The Morgan fingerprint density at radius 3 is 1.54 bits per heavy atom. The number of nitroso groups, excluding NO2 is 1. The summed E-state index contributed by atoms with van der Waals surface area (Å²) in [7, 11) is 0. The molecule has 0 spiro atoms. The third-order valence-corrected chi connectivity index (χ3v) is 5.90. The van der Waals surface area contributed by atoms with Crippen LogP contribution < -0.4 is 0 Å². The van der Waals surface area contributed by atoms with Gasteiger partial charge in [-0.3, -0.25) is 9.59 Å². The molecule has 4 aromatic carbocycles. The first kappa shape index (κ1) is 33.0. The van der Waals surface area contributed by atoms with Gasteiger partial charge in [0.15, 0.2) is 17.1 Å². The van der Waals surface area contributed by atoms with Gasteiger partial charge >= 0.3 is 0 Å². The van der Waals surface area contributed by atoms with Crippen LogP contribution >= 0.6 is 0 Å². The van der Waals surface area contributed by atoms with E-state index in [0.717, 1.165) is 16.5 Å². The number of aromatic hydroxyl groups is 1. The first-order valence-electron chi connectivity index (χ1n) is 11.6. The summed E-state index contributed by atoms with van der Waals surface area (Å²) in [6.07, 6.45) is 6.23. The zero-order valence-corrected chi connectivity index (χ0v) is 24.8. The van der Waals surface area contributed by atoms with Crippen molar-refractivity contribution in [2.75, 3.05) is 0 Å². The van der Waals surface area contributed by atoms with Gasteiger partial charge in [0.05, 0.1) is 0 Å². The number of rotatable bonds is 1. The zero-order chi connectivity index (χ0) is 27.8. The molecule has 0 unspecified atom stereocenters. The summed E-state index contributed by atoms with van der Waals surface area (Å²) >= 11 is 0. The third-order valence-electron chi connectivity index (χ3n) is 5.90. The Morgan fingerprint density at radius 2 is 1.05 bits per heavy atom. The number of hydrogen-bond acceptors (Lipinski definition) is 9. The van der Waals surface area contributed by atoms with Crippen LogP contribution in [0.2, 0.25) is 0 Å². The van der Waals surface area contributed by atoms with Gasteiger partial charge in [-0.15, -0.1) is 4.91 Å². The summed E-state index contributed by atoms with van der Waals surface area (Å²) in [6.45, 7) is 0. The molecule has 11 heteroatoms. The molecule has 0 heterocycles. The van der Waals surface area contributed by atoms with Crippen molar-refractivity contribution in [3.8, 4) is 5.75 Å². The summed E-state index contributed by atoms with van der Waals surface area (Å²) in [4.78, 5) is 32.9. The van der Waals surface area contributed by atoms with Crippen molar-refractivity contribution >= 4 is 81.2 Å². The maximum absolute atomic E-state index is 11.2. The van der Waals surface area contributed by atoms with Gasteiger partial charge in [0.1, 0.15) is 5.75 Å². The van der Waals surface area contributed by atoms with Crippen LogP contribution in [-0.4, -0.2) is 68.1 Å². The molecule has 201 valence electrons. The molecule has 41 heavy (non-hydrogen) atoms. The van der Waals surface area contributed by atoms with E-state index in [1.807, 2.05) is 36.4 Å². The van der Waals surface area contributed by atoms with E-state index in [1.54, 1.807) is 54.6 Å². The van der Waals surface area contributed by atoms with E-state index in [0.29, 0.717) is 16.5 Å². The fourth-order valence-electron chi connectivity index (χ4n) is 4.02. The minimum Gasteiger partial charge on any atom is -0.506 e. The van der Waals surface area contributed by atoms with Gasteiger partial charge in [-0.1, -0.05) is 101 Å². The fourth-order valence-corrected chi connectivity index (χ4v) is 4.02. The van der Waals surface area contributed by atoms with Crippen LogP contribution in [0.5, 0.6) is 5.75 Å². The Morgan fingerprint density at radius 1 is 0.585 bits per heavy atom. The molecule has 0 saturated carbocycles. The second-order valence-corrected chi connectivity index (χ2v) is 8.21. The molecule has 0 aromatic heterocycles. The molecule has 2 aliphatic carbocycles. The van der Waals surface area contributed by atoms with E-state index in [-0.39, 0.29) is 81.1 Å². The number of carbonyl (C=O) groups is 2. The Bertz CT molecular complexity index is 1630. The van der Waals surface area contributed by atoms with Gasteiger partial charge in [-0.25, -0.2) is 0 Å². The molecule has 0 atom stereocenters. The van der Waals surface area contributed by atoms with Gasteiger partial charge < -0.3 is 15.5 Å². The van der Waals surface area contributed by atoms with Gasteiger partial charge in [0.25, 0.3) is 0 Å². The third kappa shape index (κ3) is 7.52. The second kappa shape index (κ2) is 15.6. The summed E-state index contributed by atoms with van der Waals surface area (Å²) in [5.74, 6) is -0.601. The van der Waals surface area contributed by atoms with Crippen LogP contribution in [0.4, 0.5) is 5.69 Å². The molecular formula is C30H21FeN3NaO6. The number of hydrogen-bond donors (Lipinski definition) is 3. The average molecular weight is 598 g/mol. The molecule has 0 aliphatic heterocycles. The number of carbonyl (C=O) groups excluding carboxylic acids is 2. The Kier molecular flexibility index (Phi) is 12.5. The number of phenols is 1. The largest absolute Gasteiger partial charge is 0.506 e. The standard InChI is InChI=1S/3C10H7NO2.Fe.Na/c3*12-9-6-5-7-3-1-2-4-8(7)10(9)11-13;;/h2*1-6,13H;1-6,12H;;/b2*11-10-;;;. The van der Waals surface area contributed by atoms with Gasteiger partial charge in [-0.2, -0.15) is 0 Å². The van der Waals surface area contributed by atoms with Crippen molar-refractivity contribution in [3.05, 3.63) is 124 Å². The van der Waals surface area contributed by atoms with Crippen LogP contribution in [0.25, 0.3) is 22.9 Å². The summed E-state index contributed by atoms with van der Waals surface area (Å²) < 4.78 is 0. The first-order valence-corrected chi connectivity index (χ1v) is 11.6. The quantitative estimate of drug-likeness (QED) is 0.114. The predicted octanol–water partition coefficient (Wildman–Crippen LogP) is 5.48. The number of fused-ring (bicyclic) bond motifs is 3. The van der Waals surface area contributed by atoms with Crippen molar-refractivity contribution in [3.63, 3.8) is 0 Å². The monoisotopic (exact) mass is 598 g/mol. The van der Waals surface area contributed by atoms with Crippen LogP contribution in [0, 0.1) is 4.91 Å². The maximum atomic E-state index is 11.2. The molecule has 0 fully saturated rings. The van der Waals surface area contributed by atoms with Crippen molar-refractivity contribution in [2.45, 2.75) is 0 Å². The van der Waals surface area contributed by atoms with Crippen molar-refractivity contribution in [2.24, 2.45) is 15.5 Å². The second-order valence-electron chi connectivity index (χ2n) is 8.21. The Labute approximate surface area is 267 Å². The maximum Gasteiger partial charge on any atom is 0.208 e. The zero-order valence-electron chi connectivity index (χ0n) is 21.7. The van der Waals surface area contributed by atoms with E-state index in [1.165, 1.54) is 18.2 Å². The number of nitrogens with zero attached hydrogens (tertiary/aromatic N) is 3. The molecule has 6 rings (SSSR count). The SMILES string of the molecule is O=C1C=Cc2ccccc2/C1=N/O.O=C1C=Cc2ccccc2/C1=N/O.O=Nc1c(O)ccc2ccccc12.[Fe].[Na]. The van der Waals surface area contributed by atoms with Crippen molar-refractivity contribution in [1.29, 1.82) is 0 Å². The van der Waals surface area contributed by atoms with E-state index in [2.05, 4.69) is 15.5 Å². The van der Waals surface area contributed by atoms with E-state index in [4.69, 9.17) is 10.4 Å². The summed E-state index contributed by atoms with van der Waals surface area (Å²) in [6, 6.07) is 25.1. The van der Waals surface area contributed by atoms with Gasteiger partial charge in [0.2, 0.25) is 11.6 Å². The number of allylic oxidation sites excluding steroid dienone is 2. The Hall–Kier alpha value is -4.18.